The van der Waals surface area contributed by atoms with Crippen molar-refractivity contribution >= 4 is 11.7 Å². The van der Waals surface area contributed by atoms with Crippen LogP contribution >= 0.6 is 0 Å². The Hall–Kier alpha value is -3.15. The van der Waals surface area contributed by atoms with Gasteiger partial charge in [-0.25, -0.2) is 0 Å². The molecule has 138 valence electrons. The van der Waals surface area contributed by atoms with E-state index in [2.05, 4.69) is 20.3 Å². The Morgan fingerprint density at radius 1 is 0.889 bits per heavy atom. The zero-order valence-electron chi connectivity index (χ0n) is 15.1. The summed E-state index contributed by atoms with van der Waals surface area (Å²) in [5.74, 6) is 0.430. The van der Waals surface area contributed by atoms with E-state index in [1.54, 1.807) is 0 Å². The van der Waals surface area contributed by atoms with Crippen LogP contribution in [-0.2, 0) is 11.4 Å². The van der Waals surface area contributed by atoms with Crippen molar-refractivity contribution in [3.8, 4) is 0 Å². The molecule has 3 aromatic rings. The lowest BCUT2D eigenvalue weighted by molar-refractivity contribution is 0.111. The standard InChI is InChI=1S/C21H22N4O2/c1-4-10-17(11-5-1)20(18-12-6-2-7-13-18)24-26-16-19-22-23-21(27-19)25-14-8-3-9-15-25/h1-2,4-7,10-13H,3,8-9,14-16H2. The average molecular weight is 362 g/mol. The third kappa shape index (κ3) is 4.34. The van der Waals surface area contributed by atoms with Crippen LogP contribution in [0.1, 0.15) is 36.3 Å². The normalized spacial score (nSPS) is 14.0. The van der Waals surface area contributed by atoms with E-state index >= 15 is 0 Å². The highest BCUT2D eigenvalue weighted by Gasteiger charge is 2.17. The quantitative estimate of drug-likeness (QED) is 0.489. The van der Waals surface area contributed by atoms with Gasteiger partial charge in [-0.3, -0.25) is 0 Å². The fourth-order valence-electron chi connectivity index (χ4n) is 3.13. The number of benzene rings is 2. The molecule has 0 saturated carbocycles. The van der Waals surface area contributed by atoms with Gasteiger partial charge in [0.25, 0.3) is 5.89 Å². The van der Waals surface area contributed by atoms with Crippen LogP contribution in [0.2, 0.25) is 0 Å². The predicted molar refractivity (Wildman–Crippen MR) is 104 cm³/mol. The molecule has 0 aliphatic carbocycles. The number of nitrogens with zero attached hydrogens (tertiary/aromatic N) is 4. The molecular formula is C21H22N4O2. The first kappa shape index (κ1) is 17.3. The van der Waals surface area contributed by atoms with Gasteiger partial charge in [0.1, 0.15) is 5.71 Å². The molecule has 0 radical (unpaired) electrons. The number of rotatable bonds is 6. The zero-order chi connectivity index (χ0) is 18.3. The third-order valence-corrected chi connectivity index (χ3v) is 4.52. The first-order valence-electron chi connectivity index (χ1n) is 9.28. The maximum atomic E-state index is 5.73. The summed E-state index contributed by atoms with van der Waals surface area (Å²) >= 11 is 0. The highest BCUT2D eigenvalue weighted by Crippen LogP contribution is 2.18. The van der Waals surface area contributed by atoms with Crippen LogP contribution in [0.5, 0.6) is 0 Å². The Bertz CT molecular complexity index is 830. The van der Waals surface area contributed by atoms with Crippen molar-refractivity contribution in [1.29, 1.82) is 0 Å². The molecule has 2 heterocycles. The van der Waals surface area contributed by atoms with Crippen LogP contribution in [0.3, 0.4) is 0 Å². The molecule has 2 aromatic carbocycles. The van der Waals surface area contributed by atoms with Gasteiger partial charge in [-0.1, -0.05) is 70.9 Å². The molecule has 0 atom stereocenters. The molecule has 1 aliphatic heterocycles. The maximum absolute atomic E-state index is 5.73. The summed E-state index contributed by atoms with van der Waals surface area (Å²) in [5, 5.41) is 12.6. The summed E-state index contributed by atoms with van der Waals surface area (Å²) in [5.41, 5.74) is 2.75. The van der Waals surface area contributed by atoms with E-state index < -0.39 is 0 Å². The van der Waals surface area contributed by atoms with E-state index in [9.17, 15) is 0 Å². The Balaban J connectivity index is 1.47. The van der Waals surface area contributed by atoms with E-state index in [0.717, 1.165) is 42.8 Å². The van der Waals surface area contributed by atoms with Gasteiger partial charge in [0.2, 0.25) is 0 Å². The Kier molecular flexibility index (Phi) is 5.43. The summed E-state index contributed by atoms with van der Waals surface area (Å²) in [7, 11) is 0. The van der Waals surface area contributed by atoms with Crippen molar-refractivity contribution in [3.05, 3.63) is 77.7 Å². The molecule has 1 saturated heterocycles. The molecule has 0 unspecified atom stereocenters. The van der Waals surface area contributed by atoms with Gasteiger partial charge in [0, 0.05) is 24.2 Å². The van der Waals surface area contributed by atoms with Crippen molar-refractivity contribution in [3.63, 3.8) is 0 Å². The number of hydrogen-bond acceptors (Lipinski definition) is 6. The van der Waals surface area contributed by atoms with Gasteiger partial charge in [0.15, 0.2) is 6.61 Å². The topological polar surface area (TPSA) is 63.8 Å². The molecule has 1 aromatic heterocycles. The molecule has 1 fully saturated rings. The minimum Gasteiger partial charge on any atom is -0.404 e. The monoisotopic (exact) mass is 362 g/mol. The van der Waals surface area contributed by atoms with Crippen LogP contribution in [0.25, 0.3) is 0 Å². The summed E-state index contributed by atoms with van der Waals surface area (Å²) < 4.78 is 5.73. The van der Waals surface area contributed by atoms with Crippen LogP contribution in [0, 0.1) is 0 Å². The highest BCUT2D eigenvalue weighted by molar-refractivity contribution is 6.12. The van der Waals surface area contributed by atoms with Gasteiger partial charge < -0.3 is 14.2 Å². The van der Waals surface area contributed by atoms with Crippen molar-refractivity contribution in [2.24, 2.45) is 5.16 Å². The van der Waals surface area contributed by atoms with Crippen molar-refractivity contribution in [2.75, 3.05) is 18.0 Å². The molecule has 1 aliphatic rings. The number of piperidine rings is 1. The average Bonchev–Trinajstić information content (AvgIpc) is 3.22. The lowest BCUT2D eigenvalue weighted by Gasteiger charge is -2.24. The van der Waals surface area contributed by atoms with Gasteiger partial charge in [-0.05, 0) is 19.3 Å². The van der Waals surface area contributed by atoms with Crippen LogP contribution < -0.4 is 4.90 Å². The lowest BCUT2D eigenvalue weighted by Crippen LogP contribution is -2.29. The second kappa shape index (κ2) is 8.49. The van der Waals surface area contributed by atoms with Gasteiger partial charge in [-0.2, -0.15) is 0 Å². The van der Waals surface area contributed by atoms with E-state index in [1.807, 2.05) is 60.7 Å². The van der Waals surface area contributed by atoms with Crippen LogP contribution in [0.4, 0.5) is 6.01 Å². The molecule has 0 spiro atoms. The second-order valence-electron chi connectivity index (χ2n) is 6.47. The van der Waals surface area contributed by atoms with Crippen molar-refractivity contribution in [2.45, 2.75) is 25.9 Å². The molecule has 6 nitrogen and oxygen atoms in total. The van der Waals surface area contributed by atoms with E-state index in [4.69, 9.17) is 9.25 Å². The lowest BCUT2D eigenvalue weighted by atomic mass is 10.0. The summed E-state index contributed by atoms with van der Waals surface area (Å²) in [6, 6.07) is 20.5. The number of aromatic nitrogens is 2. The van der Waals surface area contributed by atoms with Crippen LogP contribution in [0.15, 0.2) is 70.2 Å². The van der Waals surface area contributed by atoms with Gasteiger partial charge in [0.05, 0.1) is 0 Å². The molecule has 0 bridgehead atoms. The van der Waals surface area contributed by atoms with Gasteiger partial charge >= 0.3 is 6.01 Å². The van der Waals surface area contributed by atoms with E-state index in [-0.39, 0.29) is 6.61 Å². The number of oxime groups is 1. The first-order chi connectivity index (χ1) is 13.4. The summed E-state index contributed by atoms with van der Waals surface area (Å²) in [6.07, 6.45) is 3.59. The Labute approximate surface area is 158 Å². The molecule has 0 N–H and O–H groups in total. The minimum atomic E-state index is 0.143. The largest absolute Gasteiger partial charge is 0.404 e. The first-order valence-corrected chi connectivity index (χ1v) is 9.28. The van der Waals surface area contributed by atoms with Gasteiger partial charge in [-0.15, -0.1) is 5.10 Å². The van der Waals surface area contributed by atoms with Crippen LogP contribution in [-0.4, -0.2) is 29.0 Å². The zero-order valence-corrected chi connectivity index (χ0v) is 15.1. The number of anilines is 1. The SMILES string of the molecule is c1ccc(C(=NOCc2nnc(N3CCCCC3)o2)c2ccccc2)cc1. The molecule has 27 heavy (non-hydrogen) atoms. The minimum absolute atomic E-state index is 0.143. The molecule has 6 heteroatoms. The molecular weight excluding hydrogens is 340 g/mol. The summed E-state index contributed by atoms with van der Waals surface area (Å²) in [4.78, 5) is 7.69. The second-order valence-corrected chi connectivity index (χ2v) is 6.47. The van der Waals surface area contributed by atoms with Crippen molar-refractivity contribution < 1.29 is 9.25 Å². The fraction of sp³-hybridized carbons (Fsp3) is 0.286. The summed E-state index contributed by atoms with van der Waals surface area (Å²) in [6.45, 7) is 2.07. The number of hydrogen-bond donors (Lipinski definition) is 0. The van der Waals surface area contributed by atoms with Crippen molar-refractivity contribution in [1.82, 2.24) is 10.2 Å². The highest BCUT2D eigenvalue weighted by atomic mass is 16.6. The maximum Gasteiger partial charge on any atom is 0.318 e. The smallest absolute Gasteiger partial charge is 0.318 e. The van der Waals surface area contributed by atoms with E-state index in [1.165, 1.54) is 6.42 Å². The molecule has 4 rings (SSSR count). The Morgan fingerprint density at radius 2 is 1.52 bits per heavy atom. The fourth-order valence-corrected chi connectivity index (χ4v) is 3.13. The Morgan fingerprint density at radius 3 is 2.15 bits per heavy atom. The predicted octanol–water partition coefficient (Wildman–Crippen LogP) is 4.03. The van der Waals surface area contributed by atoms with E-state index in [0.29, 0.717) is 11.9 Å². The molecule has 0 amide bonds. The third-order valence-electron chi connectivity index (χ3n) is 4.52.